The molecule has 0 saturated carbocycles. The van der Waals surface area contributed by atoms with E-state index in [1.54, 1.807) is 6.07 Å². The summed E-state index contributed by atoms with van der Waals surface area (Å²) in [7, 11) is 0. The van der Waals surface area contributed by atoms with Gasteiger partial charge in [-0.1, -0.05) is 11.6 Å². The molecule has 0 unspecified atom stereocenters. The molecule has 1 aromatic carbocycles. The third-order valence-corrected chi connectivity index (χ3v) is 2.45. The smallest absolute Gasteiger partial charge is 0.254 e. The highest BCUT2D eigenvalue weighted by Gasteiger charge is 2.09. The first-order valence-corrected chi connectivity index (χ1v) is 5.00. The van der Waals surface area contributed by atoms with Crippen molar-refractivity contribution in [2.45, 2.75) is 6.92 Å². The molecule has 0 saturated heterocycles. The van der Waals surface area contributed by atoms with Gasteiger partial charge in [-0.25, -0.2) is 0 Å². The van der Waals surface area contributed by atoms with Gasteiger partial charge >= 0.3 is 0 Å². The Morgan fingerprint density at radius 1 is 1.27 bits per heavy atom. The van der Waals surface area contributed by atoms with E-state index in [4.69, 9.17) is 11.6 Å². The summed E-state index contributed by atoms with van der Waals surface area (Å²) in [5, 5.41) is -0.428. The van der Waals surface area contributed by atoms with Crippen molar-refractivity contribution in [3.63, 3.8) is 0 Å². The fourth-order valence-electron chi connectivity index (χ4n) is 1.53. The summed E-state index contributed by atoms with van der Waals surface area (Å²) in [5.74, 6) is 0. The Morgan fingerprint density at radius 3 is 2.53 bits per heavy atom. The minimum absolute atomic E-state index is 0.428. The summed E-state index contributed by atoms with van der Waals surface area (Å²) in [6, 6.07) is 9.46. The highest BCUT2D eigenvalue weighted by atomic mass is 35.5. The highest BCUT2D eigenvalue weighted by Crippen LogP contribution is 2.18. The minimum Gasteiger partial charge on any atom is -0.323 e. The molecular weight excluding hydrogens is 210 g/mol. The quantitative estimate of drug-likeness (QED) is 0.712. The summed E-state index contributed by atoms with van der Waals surface area (Å²) in [6.45, 7) is 1.93. The van der Waals surface area contributed by atoms with Crippen molar-refractivity contribution in [2.24, 2.45) is 0 Å². The second-order valence-corrected chi connectivity index (χ2v) is 3.73. The first-order chi connectivity index (χ1) is 7.18. The molecule has 3 heteroatoms. The average molecular weight is 220 g/mol. The van der Waals surface area contributed by atoms with Crippen LogP contribution >= 0.6 is 11.6 Å². The van der Waals surface area contributed by atoms with E-state index in [1.807, 2.05) is 48.1 Å². The highest BCUT2D eigenvalue weighted by molar-refractivity contribution is 6.68. The third-order valence-electron chi connectivity index (χ3n) is 2.25. The van der Waals surface area contributed by atoms with Gasteiger partial charge < -0.3 is 4.57 Å². The molecule has 0 N–H and O–H groups in total. The number of hydrogen-bond acceptors (Lipinski definition) is 1. The van der Waals surface area contributed by atoms with E-state index in [0.29, 0.717) is 5.56 Å². The standard InChI is InChI=1S/C12H10ClNO/c1-9-4-5-11(10(8-9)12(13)15)14-6-2-3-7-14/h2-8H,1H3. The summed E-state index contributed by atoms with van der Waals surface area (Å²) in [6.07, 6.45) is 3.77. The lowest BCUT2D eigenvalue weighted by Gasteiger charge is -2.08. The van der Waals surface area contributed by atoms with Crippen LogP contribution in [-0.4, -0.2) is 9.81 Å². The van der Waals surface area contributed by atoms with E-state index in [0.717, 1.165) is 11.3 Å². The number of hydrogen-bond donors (Lipinski definition) is 0. The largest absolute Gasteiger partial charge is 0.323 e. The van der Waals surface area contributed by atoms with Crippen molar-refractivity contribution in [3.8, 4) is 5.69 Å². The molecular formula is C12H10ClNO. The molecule has 0 aliphatic heterocycles. The predicted octanol–water partition coefficient (Wildman–Crippen LogP) is 3.16. The molecule has 2 nitrogen and oxygen atoms in total. The van der Waals surface area contributed by atoms with Gasteiger partial charge in [0.05, 0.1) is 11.3 Å². The zero-order chi connectivity index (χ0) is 10.8. The van der Waals surface area contributed by atoms with Gasteiger partial charge in [-0.2, -0.15) is 0 Å². The van der Waals surface area contributed by atoms with Crippen LogP contribution < -0.4 is 0 Å². The average Bonchev–Trinajstić information content (AvgIpc) is 2.70. The Hall–Kier alpha value is -1.54. The zero-order valence-corrected chi connectivity index (χ0v) is 9.03. The number of aryl methyl sites for hydroxylation is 1. The molecule has 1 heterocycles. The van der Waals surface area contributed by atoms with Gasteiger partial charge in [0, 0.05) is 12.4 Å². The number of benzene rings is 1. The van der Waals surface area contributed by atoms with Crippen molar-refractivity contribution in [1.29, 1.82) is 0 Å². The van der Waals surface area contributed by atoms with Crippen molar-refractivity contribution in [1.82, 2.24) is 4.57 Å². The number of carbonyl (C=O) groups excluding carboxylic acids is 1. The molecule has 0 amide bonds. The van der Waals surface area contributed by atoms with Gasteiger partial charge in [-0.05, 0) is 42.8 Å². The number of carbonyl (C=O) groups is 1. The van der Waals surface area contributed by atoms with Crippen LogP contribution in [0.4, 0.5) is 0 Å². The van der Waals surface area contributed by atoms with Gasteiger partial charge in [-0.3, -0.25) is 4.79 Å². The van der Waals surface area contributed by atoms with Gasteiger partial charge in [0.25, 0.3) is 5.24 Å². The molecule has 0 atom stereocenters. The van der Waals surface area contributed by atoms with Crippen molar-refractivity contribution in [3.05, 3.63) is 53.9 Å². The summed E-state index contributed by atoms with van der Waals surface area (Å²) < 4.78 is 1.87. The minimum atomic E-state index is -0.428. The van der Waals surface area contributed by atoms with Crippen LogP contribution in [0.5, 0.6) is 0 Å². The SMILES string of the molecule is Cc1ccc(-n2cccc2)c(C(=O)Cl)c1. The Balaban J connectivity index is 2.61. The van der Waals surface area contributed by atoms with E-state index in [2.05, 4.69) is 0 Å². The van der Waals surface area contributed by atoms with Gasteiger partial charge in [0.2, 0.25) is 0 Å². The number of nitrogens with zero attached hydrogens (tertiary/aromatic N) is 1. The molecule has 0 radical (unpaired) electrons. The lowest BCUT2D eigenvalue weighted by atomic mass is 10.1. The summed E-state index contributed by atoms with van der Waals surface area (Å²) >= 11 is 5.54. The van der Waals surface area contributed by atoms with Crippen molar-refractivity contribution >= 4 is 16.8 Å². The van der Waals surface area contributed by atoms with E-state index in [1.165, 1.54) is 0 Å². The Labute approximate surface area is 93.1 Å². The maximum absolute atomic E-state index is 11.3. The first-order valence-electron chi connectivity index (χ1n) is 4.62. The number of rotatable bonds is 2. The molecule has 15 heavy (non-hydrogen) atoms. The monoisotopic (exact) mass is 219 g/mol. The fourth-order valence-corrected chi connectivity index (χ4v) is 1.68. The molecule has 0 bridgehead atoms. The molecule has 0 aliphatic rings. The summed E-state index contributed by atoms with van der Waals surface area (Å²) in [4.78, 5) is 11.3. The maximum atomic E-state index is 11.3. The Kier molecular flexibility index (Phi) is 2.60. The maximum Gasteiger partial charge on any atom is 0.254 e. The van der Waals surface area contributed by atoms with Gasteiger partial charge in [0.15, 0.2) is 0 Å². The van der Waals surface area contributed by atoms with Crippen LogP contribution in [0, 0.1) is 6.92 Å². The molecule has 0 fully saturated rings. The Morgan fingerprint density at radius 2 is 1.93 bits per heavy atom. The van der Waals surface area contributed by atoms with Crippen LogP contribution in [0.1, 0.15) is 15.9 Å². The molecule has 76 valence electrons. The van der Waals surface area contributed by atoms with Crippen molar-refractivity contribution in [2.75, 3.05) is 0 Å². The number of halogens is 1. The molecule has 1 aromatic heterocycles. The van der Waals surface area contributed by atoms with Crippen LogP contribution in [-0.2, 0) is 0 Å². The van der Waals surface area contributed by atoms with Crippen LogP contribution in [0.25, 0.3) is 5.69 Å². The first kappa shape index (κ1) is 9.99. The predicted molar refractivity (Wildman–Crippen MR) is 60.7 cm³/mol. The molecule has 2 aromatic rings. The summed E-state index contributed by atoms with van der Waals surface area (Å²) in [5.41, 5.74) is 2.37. The van der Waals surface area contributed by atoms with Gasteiger partial charge in [0.1, 0.15) is 0 Å². The van der Waals surface area contributed by atoms with Crippen LogP contribution in [0.15, 0.2) is 42.7 Å². The fraction of sp³-hybridized carbons (Fsp3) is 0.0833. The molecule has 0 spiro atoms. The second-order valence-electron chi connectivity index (χ2n) is 3.38. The Bertz CT molecular complexity index is 488. The van der Waals surface area contributed by atoms with E-state index >= 15 is 0 Å². The molecule has 0 aliphatic carbocycles. The molecule has 2 rings (SSSR count). The zero-order valence-electron chi connectivity index (χ0n) is 8.27. The third kappa shape index (κ3) is 1.95. The number of aromatic nitrogens is 1. The van der Waals surface area contributed by atoms with Crippen molar-refractivity contribution < 1.29 is 4.79 Å². The van der Waals surface area contributed by atoms with Crippen LogP contribution in [0.2, 0.25) is 0 Å². The van der Waals surface area contributed by atoms with Crippen LogP contribution in [0.3, 0.4) is 0 Å². The lowest BCUT2D eigenvalue weighted by Crippen LogP contribution is -2.00. The lowest BCUT2D eigenvalue weighted by molar-refractivity contribution is 0.108. The van der Waals surface area contributed by atoms with Gasteiger partial charge in [-0.15, -0.1) is 0 Å². The topological polar surface area (TPSA) is 22.0 Å². The second kappa shape index (κ2) is 3.91. The van der Waals surface area contributed by atoms with E-state index < -0.39 is 5.24 Å². The van der Waals surface area contributed by atoms with E-state index in [9.17, 15) is 4.79 Å². The normalized spacial score (nSPS) is 10.3. The van der Waals surface area contributed by atoms with E-state index in [-0.39, 0.29) is 0 Å².